The number of thiophene rings is 1. The second kappa shape index (κ2) is 5.20. The van der Waals surface area contributed by atoms with Gasteiger partial charge < -0.3 is 10.6 Å². The van der Waals surface area contributed by atoms with Crippen LogP contribution in [-0.2, 0) is 0 Å². The highest BCUT2D eigenvalue weighted by molar-refractivity contribution is 7.16. The molecule has 1 fully saturated rings. The van der Waals surface area contributed by atoms with Crippen LogP contribution >= 0.6 is 11.3 Å². The van der Waals surface area contributed by atoms with E-state index in [0.717, 1.165) is 36.7 Å². The Hall–Kier alpha value is -1.20. The number of hydrogen-bond acceptors (Lipinski definition) is 5. The van der Waals surface area contributed by atoms with E-state index in [2.05, 4.69) is 26.3 Å². The van der Waals surface area contributed by atoms with E-state index in [-0.39, 0.29) is 0 Å². The Morgan fingerprint density at radius 3 is 3.28 bits per heavy atom. The highest BCUT2D eigenvalue weighted by atomic mass is 32.1. The largest absolute Gasteiger partial charge is 0.356 e. The molecular formula is C13H18N4S. The van der Waals surface area contributed by atoms with Crippen molar-refractivity contribution in [2.45, 2.75) is 19.3 Å². The SMILES string of the molecule is NCCC1CCCN(c2ncnc3sccc23)C1. The molecule has 2 aromatic rings. The molecular weight excluding hydrogens is 244 g/mol. The third-order valence-corrected chi connectivity index (χ3v) is 4.45. The molecule has 18 heavy (non-hydrogen) atoms. The normalized spacial score (nSPS) is 20.5. The lowest BCUT2D eigenvalue weighted by Gasteiger charge is -2.33. The average Bonchev–Trinajstić information content (AvgIpc) is 2.87. The molecule has 3 heterocycles. The van der Waals surface area contributed by atoms with Gasteiger partial charge in [0.25, 0.3) is 0 Å². The van der Waals surface area contributed by atoms with Gasteiger partial charge in [-0.15, -0.1) is 11.3 Å². The van der Waals surface area contributed by atoms with Crippen LogP contribution in [0.1, 0.15) is 19.3 Å². The van der Waals surface area contributed by atoms with Crippen molar-refractivity contribution in [3.8, 4) is 0 Å². The predicted molar refractivity (Wildman–Crippen MR) is 76.0 cm³/mol. The van der Waals surface area contributed by atoms with Crippen molar-refractivity contribution in [2.24, 2.45) is 11.7 Å². The third-order valence-electron chi connectivity index (χ3n) is 3.63. The number of anilines is 1. The van der Waals surface area contributed by atoms with Crippen LogP contribution in [0.5, 0.6) is 0 Å². The van der Waals surface area contributed by atoms with Gasteiger partial charge in [-0.2, -0.15) is 0 Å². The Labute approximate surface area is 111 Å². The van der Waals surface area contributed by atoms with Crippen LogP contribution in [0.15, 0.2) is 17.8 Å². The maximum atomic E-state index is 5.68. The van der Waals surface area contributed by atoms with Crippen LogP contribution in [-0.4, -0.2) is 29.6 Å². The molecule has 0 aliphatic carbocycles. The van der Waals surface area contributed by atoms with Crippen molar-refractivity contribution in [3.63, 3.8) is 0 Å². The fourth-order valence-corrected chi connectivity index (χ4v) is 3.49. The molecule has 0 aromatic carbocycles. The topological polar surface area (TPSA) is 55.0 Å². The second-order valence-electron chi connectivity index (χ2n) is 4.87. The predicted octanol–water partition coefficient (Wildman–Crippen LogP) is 2.26. The number of nitrogens with two attached hydrogens (primary N) is 1. The van der Waals surface area contributed by atoms with Gasteiger partial charge in [-0.05, 0) is 43.2 Å². The Morgan fingerprint density at radius 1 is 1.44 bits per heavy atom. The quantitative estimate of drug-likeness (QED) is 0.922. The summed E-state index contributed by atoms with van der Waals surface area (Å²) in [6.45, 7) is 2.97. The summed E-state index contributed by atoms with van der Waals surface area (Å²) >= 11 is 1.68. The fraction of sp³-hybridized carbons (Fsp3) is 0.538. The maximum absolute atomic E-state index is 5.68. The molecule has 5 heteroatoms. The first kappa shape index (κ1) is 11.9. The molecule has 1 aliphatic heterocycles. The number of aromatic nitrogens is 2. The summed E-state index contributed by atoms with van der Waals surface area (Å²) in [4.78, 5) is 12.3. The van der Waals surface area contributed by atoms with Crippen LogP contribution < -0.4 is 10.6 Å². The highest BCUT2D eigenvalue weighted by Gasteiger charge is 2.21. The molecule has 3 rings (SSSR count). The fourth-order valence-electron chi connectivity index (χ4n) is 2.76. The molecule has 0 saturated carbocycles. The Morgan fingerprint density at radius 2 is 2.39 bits per heavy atom. The van der Waals surface area contributed by atoms with Crippen molar-refractivity contribution in [1.29, 1.82) is 0 Å². The zero-order chi connectivity index (χ0) is 12.4. The summed E-state index contributed by atoms with van der Waals surface area (Å²) in [6, 6.07) is 2.13. The van der Waals surface area contributed by atoms with E-state index in [0.29, 0.717) is 5.92 Å². The molecule has 1 aliphatic rings. The van der Waals surface area contributed by atoms with E-state index in [1.54, 1.807) is 17.7 Å². The molecule has 2 N–H and O–H groups in total. The van der Waals surface area contributed by atoms with Crippen molar-refractivity contribution < 1.29 is 0 Å². The molecule has 1 atom stereocenters. The smallest absolute Gasteiger partial charge is 0.140 e. The summed E-state index contributed by atoms with van der Waals surface area (Å²) in [5, 5.41) is 3.28. The summed E-state index contributed by atoms with van der Waals surface area (Å²) in [5.74, 6) is 1.82. The lowest BCUT2D eigenvalue weighted by atomic mass is 9.95. The maximum Gasteiger partial charge on any atom is 0.140 e. The van der Waals surface area contributed by atoms with Crippen LogP contribution in [0, 0.1) is 5.92 Å². The standard InChI is InChI=1S/C13H18N4S/c14-5-3-10-2-1-6-17(8-10)12-11-4-7-18-13(11)16-9-15-12/h4,7,9-10H,1-3,5-6,8,14H2. The third kappa shape index (κ3) is 2.20. The molecule has 1 saturated heterocycles. The van der Waals surface area contributed by atoms with Gasteiger partial charge in [0, 0.05) is 13.1 Å². The number of rotatable bonds is 3. The summed E-state index contributed by atoms with van der Waals surface area (Å²) < 4.78 is 0. The Balaban J connectivity index is 1.87. The average molecular weight is 262 g/mol. The van der Waals surface area contributed by atoms with E-state index < -0.39 is 0 Å². The van der Waals surface area contributed by atoms with E-state index >= 15 is 0 Å². The minimum absolute atomic E-state index is 0.715. The van der Waals surface area contributed by atoms with Gasteiger partial charge in [-0.25, -0.2) is 9.97 Å². The van der Waals surface area contributed by atoms with Gasteiger partial charge in [-0.1, -0.05) is 0 Å². The number of piperidine rings is 1. The van der Waals surface area contributed by atoms with Crippen molar-refractivity contribution in [3.05, 3.63) is 17.8 Å². The van der Waals surface area contributed by atoms with Gasteiger partial charge in [0.15, 0.2) is 0 Å². The van der Waals surface area contributed by atoms with Crippen LogP contribution in [0.2, 0.25) is 0 Å². The van der Waals surface area contributed by atoms with Crippen molar-refractivity contribution >= 4 is 27.4 Å². The van der Waals surface area contributed by atoms with Gasteiger partial charge >= 0.3 is 0 Å². The summed E-state index contributed by atoms with van der Waals surface area (Å²) in [5.41, 5.74) is 5.68. The Kier molecular flexibility index (Phi) is 3.43. The molecule has 0 radical (unpaired) electrons. The lowest BCUT2D eigenvalue weighted by Crippen LogP contribution is -2.36. The minimum Gasteiger partial charge on any atom is -0.356 e. The first-order valence-corrected chi connectivity index (χ1v) is 7.39. The minimum atomic E-state index is 0.715. The van der Waals surface area contributed by atoms with E-state index in [4.69, 9.17) is 5.73 Å². The molecule has 2 aromatic heterocycles. The molecule has 0 amide bonds. The van der Waals surface area contributed by atoms with Crippen LogP contribution in [0.4, 0.5) is 5.82 Å². The first-order chi connectivity index (χ1) is 8.88. The zero-order valence-electron chi connectivity index (χ0n) is 10.4. The van der Waals surface area contributed by atoms with E-state index in [9.17, 15) is 0 Å². The Bertz CT molecular complexity index is 522. The van der Waals surface area contributed by atoms with Gasteiger partial charge in [0.05, 0.1) is 5.39 Å². The van der Waals surface area contributed by atoms with Crippen molar-refractivity contribution in [2.75, 3.05) is 24.5 Å². The molecule has 4 nitrogen and oxygen atoms in total. The van der Waals surface area contributed by atoms with Crippen LogP contribution in [0.25, 0.3) is 10.2 Å². The lowest BCUT2D eigenvalue weighted by molar-refractivity contribution is 0.395. The molecule has 0 spiro atoms. The van der Waals surface area contributed by atoms with Gasteiger partial charge in [0.2, 0.25) is 0 Å². The van der Waals surface area contributed by atoms with Crippen LogP contribution in [0.3, 0.4) is 0 Å². The van der Waals surface area contributed by atoms with Gasteiger partial charge in [-0.3, -0.25) is 0 Å². The second-order valence-corrected chi connectivity index (χ2v) is 5.76. The molecule has 0 bridgehead atoms. The first-order valence-electron chi connectivity index (χ1n) is 6.51. The van der Waals surface area contributed by atoms with Crippen molar-refractivity contribution in [1.82, 2.24) is 9.97 Å². The van der Waals surface area contributed by atoms with E-state index in [1.807, 2.05) is 0 Å². The number of nitrogens with zero attached hydrogens (tertiary/aromatic N) is 3. The monoisotopic (exact) mass is 262 g/mol. The number of fused-ring (bicyclic) bond motifs is 1. The zero-order valence-corrected chi connectivity index (χ0v) is 11.2. The van der Waals surface area contributed by atoms with Gasteiger partial charge in [0.1, 0.15) is 17.0 Å². The molecule has 96 valence electrons. The van der Waals surface area contributed by atoms with E-state index in [1.165, 1.54) is 18.2 Å². The summed E-state index contributed by atoms with van der Waals surface area (Å²) in [6.07, 6.45) is 5.33. The summed E-state index contributed by atoms with van der Waals surface area (Å²) in [7, 11) is 0. The highest BCUT2D eigenvalue weighted by Crippen LogP contribution is 2.30. The number of hydrogen-bond donors (Lipinski definition) is 1. The molecule has 1 unspecified atom stereocenters.